The van der Waals surface area contributed by atoms with Crippen molar-refractivity contribution in [1.29, 1.82) is 0 Å². The molecule has 0 fully saturated rings. The molecule has 0 amide bonds. The topological polar surface area (TPSA) is 37.3 Å². The maximum Gasteiger partial charge on any atom is 0.307 e. The number of carboxylic acids is 1. The van der Waals surface area contributed by atoms with Crippen LogP contribution in [0, 0.1) is 19.8 Å². The number of halogens is 1. The van der Waals surface area contributed by atoms with Gasteiger partial charge in [-0.15, -0.1) is 0 Å². The standard InChI is InChI=1S/C18H19ClO2/c1-12-7-13(2)9-14(8-12)10-16(18(20)21)11-15-5-3-4-6-17(15)19/h3-9,16H,10-11H2,1-2H3,(H,20,21). The predicted octanol–water partition coefficient (Wildman–Crippen LogP) is 4.44. The smallest absolute Gasteiger partial charge is 0.307 e. The number of hydrogen-bond donors (Lipinski definition) is 1. The van der Waals surface area contributed by atoms with Crippen LogP contribution in [0.2, 0.25) is 5.02 Å². The molecule has 0 saturated carbocycles. The summed E-state index contributed by atoms with van der Waals surface area (Å²) in [5, 5.41) is 10.1. The lowest BCUT2D eigenvalue weighted by molar-refractivity contribution is -0.141. The molecule has 0 heterocycles. The highest BCUT2D eigenvalue weighted by Gasteiger charge is 2.20. The fraction of sp³-hybridized carbons (Fsp3) is 0.278. The lowest BCUT2D eigenvalue weighted by Gasteiger charge is -2.14. The van der Waals surface area contributed by atoms with E-state index in [4.69, 9.17) is 11.6 Å². The van der Waals surface area contributed by atoms with Crippen LogP contribution in [0.4, 0.5) is 0 Å². The Bertz CT molecular complexity index is 629. The molecule has 0 aromatic heterocycles. The van der Waals surface area contributed by atoms with Gasteiger partial charge in [-0.3, -0.25) is 4.79 Å². The van der Waals surface area contributed by atoms with Gasteiger partial charge in [0.1, 0.15) is 0 Å². The maximum absolute atomic E-state index is 11.5. The van der Waals surface area contributed by atoms with Gasteiger partial charge >= 0.3 is 5.97 Å². The molecule has 21 heavy (non-hydrogen) atoms. The van der Waals surface area contributed by atoms with Gasteiger partial charge in [-0.1, -0.05) is 59.1 Å². The molecule has 0 aliphatic rings. The SMILES string of the molecule is Cc1cc(C)cc(CC(Cc2ccccc2Cl)C(=O)O)c1. The molecule has 110 valence electrons. The van der Waals surface area contributed by atoms with Crippen molar-refractivity contribution >= 4 is 17.6 Å². The molecule has 1 N–H and O–H groups in total. The van der Waals surface area contributed by atoms with Gasteiger partial charge in [0.25, 0.3) is 0 Å². The molecule has 0 bridgehead atoms. The predicted molar refractivity (Wildman–Crippen MR) is 85.9 cm³/mol. The molecular weight excluding hydrogens is 284 g/mol. The van der Waals surface area contributed by atoms with Gasteiger partial charge in [0.2, 0.25) is 0 Å². The highest BCUT2D eigenvalue weighted by atomic mass is 35.5. The first-order chi connectivity index (χ1) is 9.95. The fourth-order valence-electron chi connectivity index (χ4n) is 2.65. The molecule has 1 atom stereocenters. The van der Waals surface area contributed by atoms with Crippen LogP contribution in [-0.2, 0) is 17.6 Å². The first-order valence-electron chi connectivity index (χ1n) is 6.99. The first-order valence-corrected chi connectivity index (χ1v) is 7.37. The second-order valence-electron chi connectivity index (χ2n) is 5.53. The van der Waals surface area contributed by atoms with E-state index in [9.17, 15) is 9.90 Å². The maximum atomic E-state index is 11.5. The Kier molecular flexibility index (Phi) is 5.03. The van der Waals surface area contributed by atoms with Crippen LogP contribution < -0.4 is 0 Å². The van der Waals surface area contributed by atoms with Crippen LogP contribution in [0.3, 0.4) is 0 Å². The zero-order valence-corrected chi connectivity index (χ0v) is 13.0. The average Bonchev–Trinajstić information content (AvgIpc) is 2.39. The highest BCUT2D eigenvalue weighted by molar-refractivity contribution is 6.31. The van der Waals surface area contributed by atoms with Crippen molar-refractivity contribution in [1.82, 2.24) is 0 Å². The van der Waals surface area contributed by atoms with Crippen LogP contribution in [0.5, 0.6) is 0 Å². The normalized spacial score (nSPS) is 12.1. The van der Waals surface area contributed by atoms with E-state index in [0.717, 1.165) is 22.3 Å². The third kappa shape index (κ3) is 4.33. The molecule has 2 nitrogen and oxygen atoms in total. The van der Waals surface area contributed by atoms with Crippen molar-refractivity contribution in [3.05, 3.63) is 69.7 Å². The Morgan fingerprint density at radius 1 is 1.10 bits per heavy atom. The summed E-state index contributed by atoms with van der Waals surface area (Å²) in [6.07, 6.45) is 0.963. The van der Waals surface area contributed by atoms with E-state index in [1.807, 2.05) is 32.0 Å². The molecule has 2 aromatic carbocycles. The van der Waals surface area contributed by atoms with Gasteiger partial charge in [0.15, 0.2) is 0 Å². The molecule has 0 aliphatic heterocycles. The third-order valence-electron chi connectivity index (χ3n) is 3.54. The summed E-state index contributed by atoms with van der Waals surface area (Å²) in [5.41, 5.74) is 4.27. The van der Waals surface area contributed by atoms with Gasteiger partial charge in [-0.2, -0.15) is 0 Å². The second-order valence-corrected chi connectivity index (χ2v) is 5.94. The third-order valence-corrected chi connectivity index (χ3v) is 3.91. The Labute approximate surface area is 130 Å². The van der Waals surface area contributed by atoms with E-state index in [-0.39, 0.29) is 0 Å². The van der Waals surface area contributed by atoms with Gasteiger partial charge in [-0.25, -0.2) is 0 Å². The lowest BCUT2D eigenvalue weighted by Crippen LogP contribution is -2.19. The molecule has 0 spiro atoms. The van der Waals surface area contributed by atoms with E-state index in [1.54, 1.807) is 6.07 Å². The van der Waals surface area contributed by atoms with Crippen LogP contribution in [0.15, 0.2) is 42.5 Å². The van der Waals surface area contributed by atoms with Crippen LogP contribution in [0.1, 0.15) is 22.3 Å². The number of benzene rings is 2. The molecule has 2 rings (SSSR count). The number of rotatable bonds is 5. The number of carboxylic acid groups (broad SMARTS) is 1. The Hall–Kier alpha value is -1.80. The van der Waals surface area contributed by atoms with E-state index in [2.05, 4.69) is 18.2 Å². The first kappa shape index (κ1) is 15.6. The van der Waals surface area contributed by atoms with Crippen molar-refractivity contribution in [2.45, 2.75) is 26.7 Å². The van der Waals surface area contributed by atoms with Crippen molar-refractivity contribution in [2.24, 2.45) is 5.92 Å². The van der Waals surface area contributed by atoms with E-state index < -0.39 is 11.9 Å². The van der Waals surface area contributed by atoms with Crippen LogP contribution in [-0.4, -0.2) is 11.1 Å². The quantitative estimate of drug-likeness (QED) is 0.886. The summed E-state index contributed by atoms with van der Waals surface area (Å²) >= 11 is 6.13. The molecule has 2 aromatic rings. The van der Waals surface area contributed by atoms with Gasteiger partial charge in [0, 0.05) is 5.02 Å². The lowest BCUT2D eigenvalue weighted by atomic mass is 9.91. The van der Waals surface area contributed by atoms with E-state index in [0.29, 0.717) is 17.9 Å². The largest absolute Gasteiger partial charge is 0.481 e. The zero-order valence-electron chi connectivity index (χ0n) is 12.3. The number of hydrogen-bond acceptors (Lipinski definition) is 1. The summed E-state index contributed by atoms with van der Waals surface area (Å²) in [5.74, 6) is -1.25. The molecule has 1 unspecified atom stereocenters. The van der Waals surface area contributed by atoms with Gasteiger partial charge < -0.3 is 5.11 Å². The zero-order chi connectivity index (χ0) is 15.4. The summed E-state index contributed by atoms with van der Waals surface area (Å²) in [6, 6.07) is 13.6. The van der Waals surface area contributed by atoms with Crippen molar-refractivity contribution < 1.29 is 9.90 Å². The van der Waals surface area contributed by atoms with Gasteiger partial charge in [-0.05, 0) is 43.9 Å². The van der Waals surface area contributed by atoms with Crippen LogP contribution in [0.25, 0.3) is 0 Å². The molecule has 0 radical (unpaired) electrons. The van der Waals surface area contributed by atoms with Crippen LogP contribution >= 0.6 is 11.6 Å². The number of carbonyl (C=O) groups is 1. The molecule has 0 saturated heterocycles. The Balaban J connectivity index is 2.20. The minimum Gasteiger partial charge on any atom is -0.481 e. The fourth-order valence-corrected chi connectivity index (χ4v) is 2.86. The summed E-state index contributed by atoms with van der Waals surface area (Å²) in [6.45, 7) is 4.06. The minimum absolute atomic E-state index is 0.446. The molecular formula is C18H19ClO2. The summed E-state index contributed by atoms with van der Waals surface area (Å²) in [7, 11) is 0. The Morgan fingerprint density at radius 3 is 2.29 bits per heavy atom. The monoisotopic (exact) mass is 302 g/mol. The summed E-state index contributed by atoms with van der Waals surface area (Å²) < 4.78 is 0. The van der Waals surface area contributed by atoms with E-state index in [1.165, 1.54) is 0 Å². The number of aliphatic carboxylic acids is 1. The van der Waals surface area contributed by atoms with Crippen molar-refractivity contribution in [3.63, 3.8) is 0 Å². The minimum atomic E-state index is -0.783. The number of aryl methyl sites for hydroxylation is 2. The summed E-state index contributed by atoms with van der Waals surface area (Å²) in [4.78, 5) is 11.5. The molecule has 3 heteroatoms. The van der Waals surface area contributed by atoms with E-state index >= 15 is 0 Å². The Morgan fingerprint density at radius 2 is 1.71 bits per heavy atom. The van der Waals surface area contributed by atoms with Crippen molar-refractivity contribution in [2.75, 3.05) is 0 Å². The average molecular weight is 303 g/mol. The second kappa shape index (κ2) is 6.77. The van der Waals surface area contributed by atoms with Gasteiger partial charge in [0.05, 0.1) is 5.92 Å². The van der Waals surface area contributed by atoms with Crippen molar-refractivity contribution in [3.8, 4) is 0 Å². The highest BCUT2D eigenvalue weighted by Crippen LogP contribution is 2.22. The molecule has 0 aliphatic carbocycles.